The van der Waals surface area contributed by atoms with Crippen LogP contribution in [0, 0.1) is 11.6 Å². The highest BCUT2D eigenvalue weighted by molar-refractivity contribution is 5.94. The van der Waals surface area contributed by atoms with E-state index in [1.165, 1.54) is 18.5 Å². The van der Waals surface area contributed by atoms with Gasteiger partial charge in [0.2, 0.25) is 0 Å². The number of amides is 1. The molecule has 1 aromatic heterocycles. The second kappa shape index (κ2) is 8.40. The lowest BCUT2D eigenvalue weighted by molar-refractivity contribution is 0.0752. The number of pyridine rings is 1. The van der Waals surface area contributed by atoms with Gasteiger partial charge in [0.05, 0.1) is 17.4 Å². The minimum absolute atomic E-state index is 0.150. The highest BCUT2D eigenvalue weighted by Crippen LogP contribution is 2.20. The molecule has 0 aliphatic heterocycles. The van der Waals surface area contributed by atoms with Crippen molar-refractivity contribution < 1.29 is 13.6 Å². The third-order valence-electron chi connectivity index (χ3n) is 4.08. The molecule has 1 N–H and O–H groups in total. The van der Waals surface area contributed by atoms with E-state index >= 15 is 0 Å². The van der Waals surface area contributed by atoms with Crippen LogP contribution in [0.25, 0.3) is 0 Å². The van der Waals surface area contributed by atoms with Crippen LogP contribution in [-0.4, -0.2) is 22.3 Å². The molecule has 0 spiro atoms. The average molecular weight is 367 g/mol. The molecule has 0 aliphatic carbocycles. The average Bonchev–Trinajstić information content (AvgIpc) is 2.69. The van der Waals surface area contributed by atoms with E-state index in [-0.39, 0.29) is 5.91 Å². The Labute approximate surface area is 156 Å². The van der Waals surface area contributed by atoms with Gasteiger partial charge in [-0.1, -0.05) is 30.3 Å². The third-order valence-corrected chi connectivity index (χ3v) is 4.08. The number of rotatable bonds is 6. The number of hydrogen-bond donors (Lipinski definition) is 1. The van der Waals surface area contributed by atoms with E-state index in [1.54, 1.807) is 11.0 Å². The van der Waals surface area contributed by atoms with E-state index in [9.17, 15) is 13.6 Å². The Balaban J connectivity index is 1.76. The van der Waals surface area contributed by atoms with Crippen molar-refractivity contribution in [2.75, 3.05) is 11.9 Å². The first kappa shape index (κ1) is 18.5. The van der Waals surface area contributed by atoms with E-state index in [4.69, 9.17) is 0 Å². The third kappa shape index (κ3) is 4.67. The second-order valence-electron chi connectivity index (χ2n) is 6.02. The summed E-state index contributed by atoms with van der Waals surface area (Å²) in [6.07, 6.45) is 3.01. The van der Waals surface area contributed by atoms with E-state index in [1.807, 2.05) is 37.3 Å². The molecule has 1 amide bonds. The number of hydrogen-bond acceptors (Lipinski definition) is 3. The molecule has 0 unspecified atom stereocenters. The molecular weight excluding hydrogens is 348 g/mol. The molecule has 3 aromatic rings. The Morgan fingerprint density at radius 2 is 1.78 bits per heavy atom. The maximum absolute atomic E-state index is 13.4. The van der Waals surface area contributed by atoms with Crippen molar-refractivity contribution in [1.29, 1.82) is 0 Å². The number of benzene rings is 2. The lowest BCUT2D eigenvalue weighted by atomic mass is 10.2. The van der Waals surface area contributed by atoms with Crippen molar-refractivity contribution in [1.82, 2.24) is 9.88 Å². The minimum atomic E-state index is -0.944. The van der Waals surface area contributed by atoms with Crippen molar-refractivity contribution in [2.45, 2.75) is 13.5 Å². The van der Waals surface area contributed by atoms with Gasteiger partial charge < -0.3 is 10.2 Å². The molecular formula is C21H19F2N3O. The van der Waals surface area contributed by atoms with Gasteiger partial charge in [-0.25, -0.2) is 8.78 Å². The molecule has 0 bridgehead atoms. The largest absolute Gasteiger partial charge is 0.354 e. The maximum Gasteiger partial charge on any atom is 0.255 e. The summed E-state index contributed by atoms with van der Waals surface area (Å²) >= 11 is 0. The molecule has 1 heterocycles. The quantitative estimate of drug-likeness (QED) is 0.683. The van der Waals surface area contributed by atoms with Crippen LogP contribution in [0.1, 0.15) is 22.8 Å². The van der Waals surface area contributed by atoms with Crippen molar-refractivity contribution >= 4 is 17.3 Å². The molecule has 0 saturated heterocycles. The summed E-state index contributed by atoms with van der Waals surface area (Å²) in [6.45, 7) is 2.96. The Kier molecular flexibility index (Phi) is 5.76. The van der Waals surface area contributed by atoms with Gasteiger partial charge >= 0.3 is 0 Å². The van der Waals surface area contributed by atoms with Crippen LogP contribution in [-0.2, 0) is 6.54 Å². The summed E-state index contributed by atoms with van der Waals surface area (Å²) < 4.78 is 26.4. The molecule has 3 rings (SSSR count). The summed E-state index contributed by atoms with van der Waals surface area (Å²) in [7, 11) is 0. The second-order valence-corrected chi connectivity index (χ2v) is 6.02. The van der Waals surface area contributed by atoms with Crippen LogP contribution < -0.4 is 5.32 Å². The summed E-state index contributed by atoms with van der Waals surface area (Å²) in [5.74, 6) is -2.01. The van der Waals surface area contributed by atoms with Crippen molar-refractivity contribution in [3.8, 4) is 0 Å². The summed E-state index contributed by atoms with van der Waals surface area (Å²) in [4.78, 5) is 18.6. The zero-order valence-electron chi connectivity index (χ0n) is 14.8. The van der Waals surface area contributed by atoms with Crippen LogP contribution in [0.4, 0.5) is 20.2 Å². The highest BCUT2D eigenvalue weighted by atomic mass is 19.2. The molecule has 0 saturated carbocycles. The molecule has 2 aromatic carbocycles. The van der Waals surface area contributed by atoms with Gasteiger partial charge in [0.1, 0.15) is 0 Å². The Hall–Kier alpha value is -3.28. The number of carbonyl (C=O) groups excluding carboxylic acids is 1. The van der Waals surface area contributed by atoms with Gasteiger partial charge in [-0.3, -0.25) is 9.78 Å². The summed E-state index contributed by atoms with van der Waals surface area (Å²) in [5.41, 5.74) is 2.34. The normalized spacial score (nSPS) is 10.5. The van der Waals surface area contributed by atoms with E-state index in [0.717, 1.165) is 17.7 Å². The van der Waals surface area contributed by atoms with E-state index in [0.29, 0.717) is 30.0 Å². The standard InChI is InChI=1S/C21H19F2N3O/c1-2-26(14-15-6-4-3-5-7-15)21(27)16-10-18(13-24-12-16)25-17-8-9-19(22)20(23)11-17/h3-13,25H,2,14H2,1H3. The summed E-state index contributed by atoms with van der Waals surface area (Å²) in [6, 6.07) is 14.9. The van der Waals surface area contributed by atoms with Gasteiger partial charge in [-0.05, 0) is 30.7 Å². The number of carbonyl (C=O) groups is 1. The lowest BCUT2D eigenvalue weighted by Crippen LogP contribution is -2.30. The smallest absolute Gasteiger partial charge is 0.255 e. The summed E-state index contributed by atoms with van der Waals surface area (Å²) in [5, 5.41) is 2.93. The van der Waals surface area contributed by atoms with Crippen LogP contribution in [0.15, 0.2) is 67.0 Å². The topological polar surface area (TPSA) is 45.2 Å². The van der Waals surface area contributed by atoms with Crippen LogP contribution in [0.3, 0.4) is 0 Å². The Morgan fingerprint density at radius 1 is 1.00 bits per heavy atom. The SMILES string of the molecule is CCN(Cc1ccccc1)C(=O)c1cncc(Nc2ccc(F)c(F)c2)c1. The molecule has 6 heteroatoms. The van der Waals surface area contributed by atoms with Gasteiger partial charge in [-0.15, -0.1) is 0 Å². The molecule has 0 aliphatic rings. The number of nitrogens with zero attached hydrogens (tertiary/aromatic N) is 2. The van der Waals surface area contributed by atoms with Gasteiger partial charge in [0.15, 0.2) is 11.6 Å². The van der Waals surface area contributed by atoms with Crippen molar-refractivity contribution in [2.24, 2.45) is 0 Å². The molecule has 0 radical (unpaired) electrons. The Bertz CT molecular complexity index is 932. The molecule has 27 heavy (non-hydrogen) atoms. The zero-order chi connectivity index (χ0) is 19.2. The predicted octanol–water partition coefficient (Wildman–Crippen LogP) is 4.77. The van der Waals surface area contributed by atoms with Crippen LogP contribution in [0.5, 0.6) is 0 Å². The first-order chi connectivity index (χ1) is 13.1. The zero-order valence-corrected chi connectivity index (χ0v) is 14.8. The number of nitrogens with one attached hydrogen (secondary N) is 1. The van der Waals surface area contributed by atoms with Crippen molar-refractivity contribution in [3.05, 3.63) is 89.8 Å². The molecule has 0 fully saturated rings. The van der Waals surface area contributed by atoms with Crippen LogP contribution in [0.2, 0.25) is 0 Å². The monoisotopic (exact) mass is 367 g/mol. The molecule has 138 valence electrons. The fourth-order valence-electron chi connectivity index (χ4n) is 2.68. The lowest BCUT2D eigenvalue weighted by Gasteiger charge is -2.21. The number of aromatic nitrogens is 1. The van der Waals surface area contributed by atoms with Crippen LogP contribution >= 0.6 is 0 Å². The van der Waals surface area contributed by atoms with Gasteiger partial charge in [0, 0.05) is 31.0 Å². The maximum atomic E-state index is 13.4. The number of anilines is 2. The first-order valence-electron chi connectivity index (χ1n) is 8.57. The molecule has 0 atom stereocenters. The predicted molar refractivity (Wildman–Crippen MR) is 101 cm³/mol. The van der Waals surface area contributed by atoms with Crippen molar-refractivity contribution in [3.63, 3.8) is 0 Å². The first-order valence-corrected chi connectivity index (χ1v) is 8.57. The molecule has 4 nitrogen and oxygen atoms in total. The van der Waals surface area contributed by atoms with Gasteiger partial charge in [-0.2, -0.15) is 0 Å². The number of halogens is 2. The fourth-order valence-corrected chi connectivity index (χ4v) is 2.68. The fraction of sp³-hybridized carbons (Fsp3) is 0.143. The van der Waals surface area contributed by atoms with E-state index < -0.39 is 11.6 Å². The minimum Gasteiger partial charge on any atom is -0.354 e. The van der Waals surface area contributed by atoms with Gasteiger partial charge in [0.25, 0.3) is 5.91 Å². The van der Waals surface area contributed by atoms with E-state index in [2.05, 4.69) is 10.3 Å². The Morgan fingerprint density at radius 3 is 2.48 bits per heavy atom. The highest BCUT2D eigenvalue weighted by Gasteiger charge is 2.15.